The molecule has 1 unspecified atom stereocenters. The highest BCUT2D eigenvalue weighted by molar-refractivity contribution is 6.33. The van der Waals surface area contributed by atoms with Gasteiger partial charge in [0.25, 0.3) is 5.91 Å². The average molecular weight is 470 g/mol. The molecule has 0 radical (unpaired) electrons. The molecule has 166 valence electrons. The largest absolute Gasteiger partial charge is 0.348 e. The zero-order valence-electron chi connectivity index (χ0n) is 18.0. The lowest BCUT2D eigenvalue weighted by Crippen LogP contribution is -2.49. The van der Waals surface area contributed by atoms with Crippen LogP contribution in [0.4, 0.5) is 0 Å². The summed E-state index contributed by atoms with van der Waals surface area (Å²) in [4.78, 5) is 30.2. The maximum absolute atomic E-state index is 13.6. The van der Waals surface area contributed by atoms with Crippen LogP contribution < -0.4 is 0 Å². The molecule has 1 aromatic heterocycles. The fraction of sp³-hybridized carbons (Fsp3) is 0.280. The second-order valence-corrected chi connectivity index (χ2v) is 9.02. The molecule has 4 rings (SSSR count). The maximum Gasteiger partial charge on any atom is 0.256 e. The number of aromatic nitrogens is 1. The predicted octanol–water partition coefficient (Wildman–Crippen LogP) is 5.28. The Bertz CT molecular complexity index is 1120. The molecular formula is C25H25Cl2N3O2. The summed E-state index contributed by atoms with van der Waals surface area (Å²) in [5, 5.41) is 1.03. The minimum Gasteiger partial charge on any atom is -0.348 e. The van der Waals surface area contributed by atoms with Gasteiger partial charge in [-0.2, -0.15) is 0 Å². The summed E-state index contributed by atoms with van der Waals surface area (Å²) in [6, 6.07) is 18.1. The van der Waals surface area contributed by atoms with Gasteiger partial charge in [-0.05, 0) is 55.8 Å². The summed E-state index contributed by atoms with van der Waals surface area (Å²) in [5.41, 5.74) is 2.42. The highest BCUT2D eigenvalue weighted by atomic mass is 35.5. The maximum atomic E-state index is 13.6. The van der Waals surface area contributed by atoms with Crippen molar-refractivity contribution in [2.75, 3.05) is 13.1 Å². The molecule has 2 aromatic carbocycles. The number of amides is 2. The van der Waals surface area contributed by atoms with Gasteiger partial charge in [-0.3, -0.25) is 9.59 Å². The van der Waals surface area contributed by atoms with Gasteiger partial charge in [0, 0.05) is 36.0 Å². The molecule has 1 aliphatic rings. The van der Waals surface area contributed by atoms with Crippen molar-refractivity contribution in [1.29, 1.82) is 0 Å². The number of fused-ring (bicyclic) bond motifs is 1. The molecule has 3 aromatic rings. The Balaban J connectivity index is 1.63. The number of hydrogen-bond acceptors (Lipinski definition) is 2. The molecule has 32 heavy (non-hydrogen) atoms. The fourth-order valence-corrected chi connectivity index (χ4v) is 4.51. The van der Waals surface area contributed by atoms with E-state index in [0.717, 1.165) is 11.3 Å². The van der Waals surface area contributed by atoms with E-state index in [2.05, 4.69) is 4.57 Å². The van der Waals surface area contributed by atoms with Crippen LogP contribution in [0.3, 0.4) is 0 Å². The van der Waals surface area contributed by atoms with E-state index in [1.165, 1.54) is 0 Å². The van der Waals surface area contributed by atoms with Crippen LogP contribution in [0.15, 0.2) is 66.9 Å². The smallest absolute Gasteiger partial charge is 0.256 e. The number of halogens is 2. The Morgan fingerprint density at radius 2 is 1.72 bits per heavy atom. The lowest BCUT2D eigenvalue weighted by molar-refractivity contribution is -0.135. The van der Waals surface area contributed by atoms with Crippen molar-refractivity contribution in [3.8, 4) is 0 Å². The van der Waals surface area contributed by atoms with Crippen molar-refractivity contribution in [3.05, 3.63) is 93.7 Å². The highest BCUT2D eigenvalue weighted by Gasteiger charge is 2.34. The Labute approximate surface area is 198 Å². The first-order valence-electron chi connectivity index (χ1n) is 10.6. The molecule has 7 heteroatoms. The van der Waals surface area contributed by atoms with Crippen molar-refractivity contribution < 1.29 is 9.59 Å². The molecule has 0 N–H and O–H groups in total. The minimum atomic E-state index is -0.248. The van der Waals surface area contributed by atoms with Crippen molar-refractivity contribution in [2.24, 2.45) is 0 Å². The lowest BCUT2D eigenvalue weighted by atomic mass is 9.99. The summed E-state index contributed by atoms with van der Waals surface area (Å²) in [5.74, 6) is -0.353. The summed E-state index contributed by atoms with van der Waals surface area (Å²) in [7, 11) is 0. The van der Waals surface area contributed by atoms with Crippen molar-refractivity contribution in [3.63, 3.8) is 0 Å². The quantitative estimate of drug-likeness (QED) is 0.510. The van der Waals surface area contributed by atoms with Crippen LogP contribution in [0.5, 0.6) is 0 Å². The van der Waals surface area contributed by atoms with E-state index in [-0.39, 0.29) is 30.4 Å². The minimum absolute atomic E-state index is 0.0213. The summed E-state index contributed by atoms with van der Waals surface area (Å²) in [6.07, 6.45) is 2.03. The third kappa shape index (κ3) is 4.41. The van der Waals surface area contributed by atoms with Gasteiger partial charge in [-0.1, -0.05) is 47.5 Å². The number of hydrogen-bond donors (Lipinski definition) is 0. The van der Waals surface area contributed by atoms with Crippen molar-refractivity contribution in [1.82, 2.24) is 14.4 Å². The Morgan fingerprint density at radius 1 is 1.00 bits per heavy atom. The second kappa shape index (κ2) is 9.39. The van der Waals surface area contributed by atoms with E-state index in [4.69, 9.17) is 23.2 Å². The zero-order chi connectivity index (χ0) is 22.8. The van der Waals surface area contributed by atoms with Crippen molar-refractivity contribution >= 4 is 35.0 Å². The van der Waals surface area contributed by atoms with E-state index in [1.54, 1.807) is 29.2 Å². The van der Waals surface area contributed by atoms with Gasteiger partial charge in [0.05, 0.1) is 16.6 Å². The fourth-order valence-electron chi connectivity index (χ4n) is 4.16. The van der Waals surface area contributed by atoms with Crippen molar-refractivity contribution in [2.45, 2.75) is 32.5 Å². The molecule has 0 spiro atoms. The molecule has 2 amide bonds. The van der Waals surface area contributed by atoms with Crippen LogP contribution in [-0.2, 0) is 11.3 Å². The Hall–Kier alpha value is -2.76. The lowest BCUT2D eigenvalue weighted by Gasteiger charge is -2.39. The first-order chi connectivity index (χ1) is 15.4. The van der Waals surface area contributed by atoms with Gasteiger partial charge in [-0.15, -0.1) is 0 Å². The molecule has 0 saturated carbocycles. The summed E-state index contributed by atoms with van der Waals surface area (Å²) >= 11 is 12.4. The average Bonchev–Trinajstić information content (AvgIpc) is 3.26. The van der Waals surface area contributed by atoms with E-state index >= 15 is 0 Å². The molecule has 5 nitrogen and oxygen atoms in total. The molecule has 0 bridgehead atoms. The van der Waals surface area contributed by atoms with E-state index in [1.807, 2.05) is 61.3 Å². The van der Waals surface area contributed by atoms with Gasteiger partial charge >= 0.3 is 0 Å². The highest BCUT2D eigenvalue weighted by Crippen LogP contribution is 2.33. The van der Waals surface area contributed by atoms with E-state index in [9.17, 15) is 9.59 Å². The number of carbonyl (C=O) groups excluding carboxylic acids is 2. The molecule has 0 saturated heterocycles. The molecule has 0 aliphatic carbocycles. The van der Waals surface area contributed by atoms with Gasteiger partial charge in [0.2, 0.25) is 5.91 Å². The van der Waals surface area contributed by atoms with E-state index in [0.29, 0.717) is 28.7 Å². The van der Waals surface area contributed by atoms with E-state index < -0.39 is 0 Å². The number of carbonyl (C=O) groups is 2. The molecular weight excluding hydrogens is 445 g/mol. The number of rotatable bonds is 5. The normalized spacial score (nSPS) is 15.5. The number of benzene rings is 2. The second-order valence-electron chi connectivity index (χ2n) is 8.17. The standard InChI is InChI=1S/C25H25Cl2N3O2/c1-17(2)30(25(32)20-6-3-4-7-21(20)27)16-23(31)29-15-14-28-13-5-8-22(28)24(29)18-9-11-19(26)12-10-18/h3-13,17,24H,14-16H2,1-2H3. The third-order valence-electron chi connectivity index (χ3n) is 5.84. The third-order valence-corrected chi connectivity index (χ3v) is 6.42. The van der Waals surface area contributed by atoms with Crippen LogP contribution in [0.2, 0.25) is 10.0 Å². The van der Waals surface area contributed by atoms with Crippen LogP contribution >= 0.6 is 23.2 Å². The topological polar surface area (TPSA) is 45.6 Å². The van der Waals surface area contributed by atoms with Gasteiger partial charge in [0.15, 0.2) is 0 Å². The van der Waals surface area contributed by atoms with Crippen LogP contribution in [0.1, 0.15) is 41.5 Å². The number of nitrogens with zero attached hydrogens (tertiary/aromatic N) is 3. The van der Waals surface area contributed by atoms with Gasteiger partial charge in [0.1, 0.15) is 6.54 Å². The molecule has 2 heterocycles. The Kier molecular flexibility index (Phi) is 6.58. The predicted molar refractivity (Wildman–Crippen MR) is 127 cm³/mol. The monoisotopic (exact) mass is 469 g/mol. The van der Waals surface area contributed by atoms with Crippen LogP contribution in [0, 0.1) is 0 Å². The zero-order valence-corrected chi connectivity index (χ0v) is 19.6. The first kappa shape index (κ1) is 22.4. The first-order valence-corrected chi connectivity index (χ1v) is 11.4. The summed E-state index contributed by atoms with van der Waals surface area (Å²) < 4.78 is 2.16. The SMILES string of the molecule is CC(C)N(CC(=O)N1CCn2cccc2C1c1ccc(Cl)cc1)C(=O)c1ccccc1Cl. The van der Waals surface area contributed by atoms with Crippen LogP contribution in [-0.4, -0.2) is 45.3 Å². The van der Waals surface area contributed by atoms with Gasteiger partial charge in [-0.25, -0.2) is 0 Å². The Morgan fingerprint density at radius 3 is 2.41 bits per heavy atom. The van der Waals surface area contributed by atoms with Crippen LogP contribution in [0.25, 0.3) is 0 Å². The van der Waals surface area contributed by atoms with Gasteiger partial charge < -0.3 is 14.4 Å². The molecule has 1 atom stereocenters. The molecule has 1 aliphatic heterocycles. The summed E-state index contributed by atoms with van der Waals surface area (Å²) in [6.45, 7) is 5.05. The molecule has 0 fully saturated rings.